The van der Waals surface area contributed by atoms with E-state index in [2.05, 4.69) is 35.8 Å². The molecule has 0 spiro atoms. The van der Waals surface area contributed by atoms with E-state index >= 15 is 0 Å². The summed E-state index contributed by atoms with van der Waals surface area (Å²) in [5, 5.41) is 0.708. The zero-order valence-corrected chi connectivity index (χ0v) is 17.0. The van der Waals surface area contributed by atoms with E-state index in [-0.39, 0.29) is 12.6 Å². The first kappa shape index (κ1) is 19.8. The lowest BCUT2D eigenvalue weighted by Crippen LogP contribution is -2.09. The van der Waals surface area contributed by atoms with Crippen LogP contribution in [-0.2, 0) is 24.2 Å². The van der Waals surface area contributed by atoms with Gasteiger partial charge in [-0.2, -0.15) is 0 Å². The summed E-state index contributed by atoms with van der Waals surface area (Å²) >= 11 is 9.84. The van der Waals surface area contributed by atoms with Crippen molar-refractivity contribution in [1.82, 2.24) is 0 Å². The highest BCUT2D eigenvalue weighted by molar-refractivity contribution is 9.10. The number of rotatable bonds is 7. The fourth-order valence-electron chi connectivity index (χ4n) is 2.45. The molecule has 0 bridgehead atoms. The molecule has 0 radical (unpaired) electrons. The molecule has 0 N–H and O–H groups in total. The lowest BCUT2D eigenvalue weighted by molar-refractivity contribution is -0.134. The third-order valence-electron chi connectivity index (χ3n) is 3.95. The zero-order chi connectivity index (χ0) is 18.4. The number of hydrogen-bond acceptors (Lipinski definition) is 3. The van der Waals surface area contributed by atoms with Crippen molar-refractivity contribution in [2.45, 2.75) is 46.6 Å². The van der Waals surface area contributed by atoms with Crippen LogP contribution >= 0.6 is 27.5 Å². The molecule has 0 aliphatic heterocycles. The van der Waals surface area contributed by atoms with Crippen LogP contribution in [0.25, 0.3) is 0 Å². The summed E-state index contributed by atoms with van der Waals surface area (Å²) in [5.41, 5.74) is 3.02. The van der Waals surface area contributed by atoms with Crippen molar-refractivity contribution >= 4 is 33.5 Å². The quantitative estimate of drug-likeness (QED) is 0.396. The van der Waals surface area contributed by atoms with Crippen LogP contribution in [0.5, 0.6) is 11.5 Å². The number of hydrogen-bond donors (Lipinski definition) is 0. The topological polar surface area (TPSA) is 35.5 Å². The Morgan fingerprint density at radius 3 is 2.44 bits per heavy atom. The maximum Gasteiger partial charge on any atom is 0.310 e. The van der Waals surface area contributed by atoms with E-state index in [4.69, 9.17) is 21.1 Å². The molecule has 134 valence electrons. The highest BCUT2D eigenvalue weighted by Gasteiger charge is 2.14. The van der Waals surface area contributed by atoms with Gasteiger partial charge in [0.2, 0.25) is 0 Å². The summed E-state index contributed by atoms with van der Waals surface area (Å²) in [6.45, 7) is 6.21. The number of ether oxygens (including phenoxy) is 2. The molecule has 0 aliphatic rings. The SMILES string of the molecule is CCC(=O)Oc1cccc(Br)c1COc1cc(Cl)c(CC)cc1CC. The fraction of sp³-hybridized carbons (Fsp3) is 0.350. The summed E-state index contributed by atoms with van der Waals surface area (Å²) in [6.07, 6.45) is 2.06. The summed E-state index contributed by atoms with van der Waals surface area (Å²) in [4.78, 5) is 11.6. The minimum absolute atomic E-state index is 0.274. The van der Waals surface area contributed by atoms with Crippen molar-refractivity contribution < 1.29 is 14.3 Å². The molecule has 2 aromatic rings. The van der Waals surface area contributed by atoms with Crippen LogP contribution in [0.3, 0.4) is 0 Å². The molecule has 0 saturated carbocycles. The van der Waals surface area contributed by atoms with Gasteiger partial charge >= 0.3 is 5.97 Å². The Morgan fingerprint density at radius 1 is 1.08 bits per heavy atom. The molecule has 0 aliphatic carbocycles. The van der Waals surface area contributed by atoms with Crippen molar-refractivity contribution in [3.05, 3.63) is 56.5 Å². The molecule has 0 aromatic heterocycles. The zero-order valence-electron chi connectivity index (χ0n) is 14.7. The van der Waals surface area contributed by atoms with Gasteiger partial charge in [0.05, 0.1) is 0 Å². The number of halogens is 2. The molecular formula is C20H22BrClO3. The van der Waals surface area contributed by atoms with E-state index in [0.717, 1.165) is 39.8 Å². The van der Waals surface area contributed by atoms with Crippen molar-refractivity contribution in [3.63, 3.8) is 0 Å². The van der Waals surface area contributed by atoms with E-state index in [9.17, 15) is 4.79 Å². The second-order valence-corrected chi connectivity index (χ2v) is 6.85. The maximum atomic E-state index is 11.6. The van der Waals surface area contributed by atoms with E-state index < -0.39 is 0 Å². The molecule has 0 heterocycles. The smallest absolute Gasteiger partial charge is 0.310 e. The Labute approximate surface area is 162 Å². The monoisotopic (exact) mass is 424 g/mol. The van der Waals surface area contributed by atoms with Gasteiger partial charge in [-0.25, -0.2) is 0 Å². The molecule has 0 unspecified atom stereocenters. The van der Waals surface area contributed by atoms with Gasteiger partial charge in [-0.3, -0.25) is 4.79 Å². The van der Waals surface area contributed by atoms with Gasteiger partial charge in [0.1, 0.15) is 18.1 Å². The van der Waals surface area contributed by atoms with Gasteiger partial charge in [-0.1, -0.05) is 60.4 Å². The van der Waals surface area contributed by atoms with Gasteiger partial charge in [0.15, 0.2) is 0 Å². The number of benzene rings is 2. The van der Waals surface area contributed by atoms with Gasteiger partial charge in [-0.15, -0.1) is 0 Å². The molecular weight excluding hydrogens is 404 g/mol. The number of esters is 1. The first-order chi connectivity index (χ1) is 12.0. The molecule has 2 aromatic carbocycles. The van der Waals surface area contributed by atoms with Crippen molar-refractivity contribution in [2.75, 3.05) is 0 Å². The van der Waals surface area contributed by atoms with Gasteiger partial charge in [0.25, 0.3) is 0 Å². The van der Waals surface area contributed by atoms with Crippen LogP contribution in [0.1, 0.15) is 43.9 Å². The maximum absolute atomic E-state index is 11.6. The number of carbonyl (C=O) groups excluding carboxylic acids is 1. The Bertz CT molecular complexity index is 759. The molecule has 0 amide bonds. The Balaban J connectivity index is 2.27. The van der Waals surface area contributed by atoms with Crippen LogP contribution in [0.15, 0.2) is 34.8 Å². The lowest BCUT2D eigenvalue weighted by Gasteiger charge is -2.16. The average Bonchev–Trinajstić information content (AvgIpc) is 2.61. The van der Waals surface area contributed by atoms with E-state index in [1.54, 1.807) is 13.0 Å². The number of carbonyl (C=O) groups is 1. The van der Waals surface area contributed by atoms with Gasteiger partial charge in [0, 0.05) is 21.5 Å². The third-order valence-corrected chi connectivity index (χ3v) is 5.05. The van der Waals surface area contributed by atoms with Crippen LogP contribution in [-0.4, -0.2) is 5.97 Å². The Morgan fingerprint density at radius 2 is 1.80 bits per heavy atom. The second-order valence-electron chi connectivity index (χ2n) is 5.59. The summed E-state index contributed by atoms with van der Waals surface area (Å²) in [6, 6.07) is 9.46. The Hall–Kier alpha value is -1.52. The van der Waals surface area contributed by atoms with Crippen molar-refractivity contribution in [1.29, 1.82) is 0 Å². The van der Waals surface area contributed by atoms with Crippen LogP contribution in [0.4, 0.5) is 0 Å². The molecule has 0 saturated heterocycles. The molecule has 0 atom stereocenters. The van der Waals surface area contributed by atoms with Crippen LogP contribution in [0.2, 0.25) is 5.02 Å². The van der Waals surface area contributed by atoms with E-state index in [0.29, 0.717) is 17.2 Å². The number of aryl methyl sites for hydroxylation is 2. The van der Waals surface area contributed by atoms with E-state index in [1.165, 1.54) is 0 Å². The normalized spacial score (nSPS) is 10.6. The van der Waals surface area contributed by atoms with Crippen molar-refractivity contribution in [2.24, 2.45) is 0 Å². The highest BCUT2D eigenvalue weighted by atomic mass is 79.9. The Kier molecular flexibility index (Phi) is 7.33. The molecule has 25 heavy (non-hydrogen) atoms. The molecule has 5 heteroatoms. The minimum atomic E-state index is -0.274. The molecule has 0 fully saturated rings. The van der Waals surface area contributed by atoms with Crippen molar-refractivity contribution in [3.8, 4) is 11.5 Å². The predicted octanol–water partition coefficient (Wildman–Crippen LogP) is 6.12. The van der Waals surface area contributed by atoms with Gasteiger partial charge < -0.3 is 9.47 Å². The summed E-state index contributed by atoms with van der Waals surface area (Å²) in [5.74, 6) is 0.993. The first-order valence-electron chi connectivity index (χ1n) is 8.42. The highest BCUT2D eigenvalue weighted by Crippen LogP contribution is 2.32. The summed E-state index contributed by atoms with van der Waals surface area (Å²) in [7, 11) is 0. The standard InChI is InChI=1S/C20H22BrClO3/c1-4-13-10-14(5-2)19(11-17(13)22)24-12-15-16(21)8-7-9-18(15)25-20(23)6-3/h7-11H,4-6,12H2,1-3H3. The third kappa shape index (κ3) is 4.99. The predicted molar refractivity (Wildman–Crippen MR) is 105 cm³/mol. The largest absolute Gasteiger partial charge is 0.488 e. The first-order valence-corrected chi connectivity index (χ1v) is 9.59. The van der Waals surface area contributed by atoms with E-state index in [1.807, 2.05) is 18.2 Å². The van der Waals surface area contributed by atoms with Crippen LogP contribution in [0, 0.1) is 0 Å². The lowest BCUT2D eigenvalue weighted by atomic mass is 10.1. The second kappa shape index (κ2) is 9.25. The summed E-state index contributed by atoms with van der Waals surface area (Å²) < 4.78 is 12.3. The minimum Gasteiger partial charge on any atom is -0.488 e. The molecule has 3 nitrogen and oxygen atoms in total. The molecule has 2 rings (SSSR count). The average molecular weight is 426 g/mol. The van der Waals surface area contributed by atoms with Crippen LogP contribution < -0.4 is 9.47 Å². The van der Waals surface area contributed by atoms with Gasteiger partial charge in [-0.05, 0) is 42.2 Å². The fourth-order valence-corrected chi connectivity index (χ4v) is 3.20.